The van der Waals surface area contributed by atoms with Gasteiger partial charge in [-0.2, -0.15) is 0 Å². The first-order valence-corrected chi connectivity index (χ1v) is 10.7. The van der Waals surface area contributed by atoms with Crippen LogP contribution in [0.3, 0.4) is 0 Å². The Morgan fingerprint density at radius 1 is 1.00 bits per heavy atom. The maximum atomic E-state index is 12.5. The molecule has 0 aliphatic heterocycles. The highest BCUT2D eigenvalue weighted by molar-refractivity contribution is 5.89. The molecular weight excluding hydrogens is 394 g/mol. The number of unbranched alkanes of at least 4 members (excludes halogenated alkanes) is 3. The van der Waals surface area contributed by atoms with Gasteiger partial charge in [0.1, 0.15) is 0 Å². The monoisotopic (exact) mass is 423 g/mol. The molecular formula is C24H29N3O4. The summed E-state index contributed by atoms with van der Waals surface area (Å²) in [4.78, 5) is 28.4. The van der Waals surface area contributed by atoms with Crippen LogP contribution in [0.25, 0.3) is 22.0 Å². The van der Waals surface area contributed by atoms with Crippen LogP contribution in [0.4, 0.5) is 10.5 Å². The van der Waals surface area contributed by atoms with Gasteiger partial charge in [0.15, 0.2) is 0 Å². The number of aromatic nitrogens is 1. The molecule has 2 aromatic carbocycles. The maximum Gasteiger partial charge on any atom is 0.414 e. The van der Waals surface area contributed by atoms with Crippen LogP contribution in [0.15, 0.2) is 54.7 Å². The number of hydrogen-bond acceptors (Lipinski definition) is 4. The van der Waals surface area contributed by atoms with Crippen LogP contribution in [0.1, 0.15) is 39.0 Å². The average molecular weight is 424 g/mol. The van der Waals surface area contributed by atoms with Crippen LogP contribution in [-0.4, -0.2) is 35.3 Å². The molecule has 0 atom stereocenters. The number of carbonyl (C=O) groups excluding carboxylic acids is 2. The van der Waals surface area contributed by atoms with Crippen molar-refractivity contribution in [3.8, 4) is 11.1 Å². The molecule has 0 unspecified atom stereocenters. The minimum absolute atomic E-state index is 0.299. The van der Waals surface area contributed by atoms with E-state index < -0.39 is 0 Å². The number of anilines is 1. The number of rotatable bonds is 10. The van der Waals surface area contributed by atoms with Gasteiger partial charge in [-0.15, -0.1) is 0 Å². The molecule has 164 valence electrons. The average Bonchev–Trinajstić information content (AvgIpc) is 3.26. The highest BCUT2D eigenvalue weighted by Crippen LogP contribution is 2.26. The molecule has 1 heterocycles. The van der Waals surface area contributed by atoms with E-state index in [0.29, 0.717) is 26.0 Å². The minimum Gasteiger partial charge on any atom is -0.449 e. The second-order valence-corrected chi connectivity index (χ2v) is 7.38. The van der Waals surface area contributed by atoms with Crippen molar-refractivity contribution in [3.63, 3.8) is 0 Å². The van der Waals surface area contributed by atoms with Gasteiger partial charge >= 0.3 is 6.09 Å². The third kappa shape index (κ3) is 6.08. The molecule has 0 spiro atoms. The summed E-state index contributed by atoms with van der Waals surface area (Å²) in [6.07, 6.45) is 5.09. The molecule has 0 aliphatic rings. The lowest BCUT2D eigenvalue weighted by Gasteiger charge is -2.22. The quantitative estimate of drug-likeness (QED) is 0.236. The number of nitrogens with one attached hydrogen (secondary N) is 2. The Balaban J connectivity index is 1.63. The summed E-state index contributed by atoms with van der Waals surface area (Å²) in [5, 5.41) is 9.69. The van der Waals surface area contributed by atoms with Gasteiger partial charge in [-0.1, -0.05) is 37.1 Å². The number of hydrogen-bond donors (Lipinski definition) is 3. The van der Waals surface area contributed by atoms with Gasteiger partial charge < -0.3 is 9.72 Å². The van der Waals surface area contributed by atoms with Crippen molar-refractivity contribution in [3.05, 3.63) is 54.7 Å². The van der Waals surface area contributed by atoms with E-state index in [0.717, 1.165) is 41.6 Å². The summed E-state index contributed by atoms with van der Waals surface area (Å²) in [7, 11) is 0. The second-order valence-electron chi connectivity index (χ2n) is 7.38. The summed E-state index contributed by atoms with van der Waals surface area (Å²) in [5.74, 6) is -0.372. The fraction of sp³-hybridized carbons (Fsp3) is 0.333. The van der Waals surface area contributed by atoms with Crippen LogP contribution in [-0.2, 0) is 9.53 Å². The number of hydroxylamine groups is 1. The van der Waals surface area contributed by atoms with E-state index in [1.54, 1.807) is 17.3 Å². The molecule has 2 amide bonds. The molecule has 0 bridgehead atoms. The third-order valence-corrected chi connectivity index (χ3v) is 5.22. The Morgan fingerprint density at radius 2 is 1.74 bits per heavy atom. The van der Waals surface area contributed by atoms with Crippen molar-refractivity contribution in [2.24, 2.45) is 0 Å². The number of ether oxygens (including phenoxy) is 1. The fourth-order valence-corrected chi connectivity index (χ4v) is 3.55. The van der Waals surface area contributed by atoms with Crippen molar-refractivity contribution in [1.82, 2.24) is 10.5 Å². The molecule has 0 fully saturated rings. The van der Waals surface area contributed by atoms with E-state index in [2.05, 4.69) is 23.2 Å². The molecule has 7 nitrogen and oxygen atoms in total. The molecule has 0 saturated heterocycles. The van der Waals surface area contributed by atoms with Crippen molar-refractivity contribution >= 4 is 28.6 Å². The summed E-state index contributed by atoms with van der Waals surface area (Å²) in [6.45, 7) is 2.65. The molecule has 31 heavy (non-hydrogen) atoms. The number of benzene rings is 2. The molecule has 0 saturated carbocycles. The van der Waals surface area contributed by atoms with Crippen molar-refractivity contribution in [2.75, 3.05) is 18.1 Å². The molecule has 3 rings (SSSR count). The zero-order valence-corrected chi connectivity index (χ0v) is 17.8. The first-order chi connectivity index (χ1) is 15.1. The first kappa shape index (κ1) is 22.4. The normalized spacial score (nSPS) is 10.8. The van der Waals surface area contributed by atoms with Gasteiger partial charge in [-0.3, -0.25) is 14.9 Å². The van der Waals surface area contributed by atoms with E-state index in [1.165, 1.54) is 5.39 Å². The second kappa shape index (κ2) is 11.2. The van der Waals surface area contributed by atoms with Gasteiger partial charge in [0, 0.05) is 30.4 Å². The van der Waals surface area contributed by atoms with Crippen molar-refractivity contribution in [1.29, 1.82) is 0 Å². The number of carbonyl (C=O) groups is 2. The lowest BCUT2D eigenvalue weighted by Crippen LogP contribution is -2.32. The Hall–Kier alpha value is -3.32. The highest BCUT2D eigenvalue weighted by atomic mass is 16.6. The van der Waals surface area contributed by atoms with Gasteiger partial charge in [0.2, 0.25) is 5.91 Å². The lowest BCUT2D eigenvalue weighted by molar-refractivity contribution is -0.129. The maximum absolute atomic E-state index is 12.5. The number of nitrogens with zero attached hydrogens (tertiary/aromatic N) is 1. The lowest BCUT2D eigenvalue weighted by atomic mass is 10.0. The first-order valence-electron chi connectivity index (χ1n) is 10.7. The van der Waals surface area contributed by atoms with E-state index in [9.17, 15) is 9.59 Å². The molecule has 0 aliphatic carbocycles. The number of fused-ring (bicyclic) bond motifs is 1. The van der Waals surface area contributed by atoms with E-state index >= 15 is 0 Å². The molecule has 3 N–H and O–H groups in total. The van der Waals surface area contributed by atoms with E-state index in [1.807, 2.05) is 36.5 Å². The fourth-order valence-electron chi connectivity index (χ4n) is 3.55. The molecule has 7 heteroatoms. The molecule has 0 radical (unpaired) electrons. The zero-order valence-electron chi connectivity index (χ0n) is 17.8. The summed E-state index contributed by atoms with van der Waals surface area (Å²) in [5.41, 5.74) is 5.70. The van der Waals surface area contributed by atoms with Gasteiger partial charge in [-0.25, -0.2) is 10.3 Å². The SMILES string of the molecule is CCOC(=O)N(CCCCCCC(=O)NO)c1ccc(-c2ccc3cc[nH]c3c2)cc1. The van der Waals surface area contributed by atoms with Crippen LogP contribution in [0.2, 0.25) is 0 Å². The summed E-state index contributed by atoms with van der Waals surface area (Å²) in [6, 6.07) is 16.2. The Kier molecular flexibility index (Phi) is 8.06. The predicted octanol–water partition coefficient (Wildman–Crippen LogP) is 5.25. The Morgan fingerprint density at radius 3 is 2.48 bits per heavy atom. The highest BCUT2D eigenvalue weighted by Gasteiger charge is 2.16. The third-order valence-electron chi connectivity index (χ3n) is 5.22. The largest absolute Gasteiger partial charge is 0.449 e. The molecule has 1 aromatic heterocycles. The predicted molar refractivity (Wildman–Crippen MR) is 121 cm³/mol. The van der Waals surface area contributed by atoms with E-state index in [-0.39, 0.29) is 12.0 Å². The van der Waals surface area contributed by atoms with Gasteiger partial charge in [0.25, 0.3) is 0 Å². The van der Waals surface area contributed by atoms with Crippen LogP contribution < -0.4 is 10.4 Å². The summed E-state index contributed by atoms with van der Waals surface area (Å²) < 4.78 is 5.24. The Labute approximate surface area is 182 Å². The summed E-state index contributed by atoms with van der Waals surface area (Å²) >= 11 is 0. The number of H-pyrrole nitrogens is 1. The number of amides is 2. The zero-order chi connectivity index (χ0) is 22.1. The van der Waals surface area contributed by atoms with Crippen LogP contribution in [0.5, 0.6) is 0 Å². The van der Waals surface area contributed by atoms with Crippen LogP contribution >= 0.6 is 0 Å². The standard InChI is InChI=1S/C24H29N3O4/c1-2-31-24(29)27(16-6-4-3-5-7-23(28)26-30)21-12-10-18(11-13-21)20-9-8-19-14-15-25-22(19)17-20/h8-15,17,25,30H,2-7,16H2,1H3,(H,26,28). The number of aromatic amines is 1. The van der Waals surface area contributed by atoms with Gasteiger partial charge in [-0.05, 0) is 60.5 Å². The van der Waals surface area contributed by atoms with Crippen LogP contribution in [0, 0.1) is 0 Å². The minimum atomic E-state index is -0.372. The molecule has 3 aromatic rings. The van der Waals surface area contributed by atoms with Gasteiger partial charge in [0.05, 0.1) is 6.61 Å². The van der Waals surface area contributed by atoms with E-state index in [4.69, 9.17) is 9.94 Å². The smallest absolute Gasteiger partial charge is 0.414 e. The Bertz CT molecular complexity index is 997. The topological polar surface area (TPSA) is 94.7 Å². The van der Waals surface area contributed by atoms with Crippen molar-refractivity contribution < 1.29 is 19.5 Å². The van der Waals surface area contributed by atoms with Crippen molar-refractivity contribution in [2.45, 2.75) is 39.0 Å².